The molecule has 0 saturated carbocycles. The highest BCUT2D eigenvalue weighted by Crippen LogP contribution is 2.28. The Hall–Kier alpha value is -0.960. The van der Waals surface area contributed by atoms with Crippen LogP contribution in [-0.2, 0) is 5.54 Å². The first-order chi connectivity index (χ1) is 6.35. The highest BCUT2D eigenvalue weighted by Gasteiger charge is 2.33. The predicted molar refractivity (Wildman–Crippen MR) is 53.5 cm³/mol. The smallest absolute Gasteiger partial charge is 0.260 e. The molecule has 0 spiro atoms. The number of nitrogens with two attached hydrogens (primary N) is 1. The van der Waals surface area contributed by atoms with Gasteiger partial charge in [-0.3, -0.25) is 0 Å². The molecule has 0 amide bonds. The Balaban J connectivity index is 3.19. The van der Waals surface area contributed by atoms with Gasteiger partial charge in [0.05, 0.1) is 5.54 Å². The van der Waals surface area contributed by atoms with E-state index in [1.807, 2.05) is 13.0 Å². The average Bonchev–Trinajstić information content (AvgIpc) is 2.02. The number of halogens is 2. The van der Waals surface area contributed by atoms with Crippen molar-refractivity contribution in [2.45, 2.75) is 32.7 Å². The molecule has 0 bridgehead atoms. The Morgan fingerprint density at radius 1 is 1.29 bits per heavy atom. The van der Waals surface area contributed by atoms with E-state index in [0.29, 0.717) is 5.56 Å². The average molecular weight is 199 g/mol. The van der Waals surface area contributed by atoms with Gasteiger partial charge in [-0.1, -0.05) is 23.8 Å². The fourth-order valence-corrected chi connectivity index (χ4v) is 1.54. The molecule has 0 radical (unpaired) electrons. The fraction of sp³-hybridized carbons (Fsp3) is 0.455. The molecule has 2 N–H and O–H groups in total. The molecule has 0 aliphatic carbocycles. The van der Waals surface area contributed by atoms with E-state index in [1.165, 1.54) is 6.92 Å². The van der Waals surface area contributed by atoms with Crippen molar-refractivity contribution in [3.8, 4) is 0 Å². The topological polar surface area (TPSA) is 26.0 Å². The molecule has 14 heavy (non-hydrogen) atoms. The summed E-state index contributed by atoms with van der Waals surface area (Å²) >= 11 is 0. The molecule has 1 unspecified atom stereocenters. The second kappa shape index (κ2) is 3.65. The van der Waals surface area contributed by atoms with E-state index in [-0.39, 0.29) is 0 Å². The number of benzene rings is 1. The Bertz CT molecular complexity index is 332. The molecule has 0 heterocycles. The van der Waals surface area contributed by atoms with E-state index in [4.69, 9.17) is 5.73 Å². The Morgan fingerprint density at radius 3 is 2.29 bits per heavy atom. The number of alkyl halides is 2. The first kappa shape index (κ1) is 11.1. The molecule has 0 fully saturated rings. The number of hydrogen-bond donors (Lipinski definition) is 1. The van der Waals surface area contributed by atoms with Gasteiger partial charge in [0, 0.05) is 0 Å². The summed E-state index contributed by atoms with van der Waals surface area (Å²) in [5, 5.41) is 0. The van der Waals surface area contributed by atoms with Crippen LogP contribution in [0.25, 0.3) is 0 Å². The van der Waals surface area contributed by atoms with Crippen LogP contribution in [0.1, 0.15) is 23.6 Å². The van der Waals surface area contributed by atoms with Crippen molar-refractivity contribution in [2.75, 3.05) is 0 Å². The lowest BCUT2D eigenvalue weighted by Crippen LogP contribution is -2.41. The van der Waals surface area contributed by atoms with Crippen molar-refractivity contribution in [1.82, 2.24) is 0 Å². The van der Waals surface area contributed by atoms with Crippen LogP contribution in [-0.4, -0.2) is 6.43 Å². The summed E-state index contributed by atoms with van der Waals surface area (Å²) in [5.41, 5.74) is 6.40. The van der Waals surface area contributed by atoms with Crippen molar-refractivity contribution in [3.05, 3.63) is 34.9 Å². The zero-order valence-electron chi connectivity index (χ0n) is 8.64. The van der Waals surface area contributed by atoms with Gasteiger partial charge >= 0.3 is 0 Å². The van der Waals surface area contributed by atoms with Gasteiger partial charge < -0.3 is 5.73 Å². The molecule has 1 atom stereocenters. The van der Waals surface area contributed by atoms with Gasteiger partial charge in [-0.2, -0.15) is 0 Å². The molecule has 1 aromatic carbocycles. The van der Waals surface area contributed by atoms with E-state index >= 15 is 0 Å². The van der Waals surface area contributed by atoms with Crippen LogP contribution in [0.5, 0.6) is 0 Å². The van der Waals surface area contributed by atoms with Crippen LogP contribution >= 0.6 is 0 Å². The van der Waals surface area contributed by atoms with E-state index < -0.39 is 12.0 Å². The number of rotatable bonds is 2. The first-order valence-corrected chi connectivity index (χ1v) is 4.50. The third-order valence-corrected chi connectivity index (χ3v) is 2.42. The van der Waals surface area contributed by atoms with Gasteiger partial charge in [0.2, 0.25) is 0 Å². The van der Waals surface area contributed by atoms with Crippen LogP contribution in [0.15, 0.2) is 18.2 Å². The maximum absolute atomic E-state index is 12.7. The molecule has 0 aliphatic heterocycles. The minimum Gasteiger partial charge on any atom is -0.317 e. The summed E-state index contributed by atoms with van der Waals surface area (Å²) in [4.78, 5) is 0. The molecule has 3 heteroatoms. The molecular weight excluding hydrogens is 184 g/mol. The predicted octanol–water partition coefficient (Wildman–Crippen LogP) is 2.74. The summed E-state index contributed by atoms with van der Waals surface area (Å²) in [6.45, 7) is 5.08. The van der Waals surface area contributed by atoms with Crippen LogP contribution < -0.4 is 5.73 Å². The molecule has 78 valence electrons. The lowest BCUT2D eigenvalue weighted by Gasteiger charge is -2.26. The van der Waals surface area contributed by atoms with E-state index in [1.54, 1.807) is 19.1 Å². The highest BCUT2D eigenvalue weighted by molar-refractivity contribution is 5.35. The third-order valence-electron chi connectivity index (χ3n) is 2.42. The maximum Gasteiger partial charge on any atom is 0.260 e. The molecule has 0 aliphatic rings. The molecule has 0 saturated heterocycles. The standard InChI is InChI=1S/C11H15F2N/c1-7-4-5-9(8(2)6-7)11(3,14)10(12)13/h4-6,10H,14H2,1-3H3. The van der Waals surface area contributed by atoms with Crippen LogP contribution in [0.2, 0.25) is 0 Å². The molecule has 1 nitrogen and oxygen atoms in total. The SMILES string of the molecule is Cc1ccc(C(C)(N)C(F)F)c(C)c1. The van der Waals surface area contributed by atoms with Crippen LogP contribution in [0.3, 0.4) is 0 Å². The number of hydrogen-bond acceptors (Lipinski definition) is 1. The zero-order chi connectivity index (χ0) is 10.9. The van der Waals surface area contributed by atoms with E-state index in [0.717, 1.165) is 11.1 Å². The van der Waals surface area contributed by atoms with Gasteiger partial charge in [0.15, 0.2) is 0 Å². The number of aryl methyl sites for hydroxylation is 2. The van der Waals surface area contributed by atoms with E-state index in [9.17, 15) is 8.78 Å². The van der Waals surface area contributed by atoms with Crippen molar-refractivity contribution in [2.24, 2.45) is 5.73 Å². The monoisotopic (exact) mass is 199 g/mol. The second-order valence-corrected chi connectivity index (χ2v) is 3.90. The normalized spacial score (nSPS) is 15.6. The van der Waals surface area contributed by atoms with Gasteiger partial charge in [-0.05, 0) is 31.9 Å². The summed E-state index contributed by atoms with van der Waals surface area (Å²) in [6.07, 6.45) is -2.55. The quantitative estimate of drug-likeness (QED) is 0.778. The maximum atomic E-state index is 12.7. The van der Waals surface area contributed by atoms with Gasteiger partial charge in [-0.25, -0.2) is 8.78 Å². The zero-order valence-corrected chi connectivity index (χ0v) is 8.64. The summed E-state index contributed by atoms with van der Waals surface area (Å²) in [6, 6.07) is 5.34. The van der Waals surface area contributed by atoms with Crippen molar-refractivity contribution in [1.29, 1.82) is 0 Å². The van der Waals surface area contributed by atoms with Gasteiger partial charge in [-0.15, -0.1) is 0 Å². The minimum absolute atomic E-state index is 0.512. The lowest BCUT2D eigenvalue weighted by molar-refractivity contribution is 0.0621. The fourth-order valence-electron chi connectivity index (χ4n) is 1.54. The molecular formula is C11H15F2N. The van der Waals surface area contributed by atoms with Crippen molar-refractivity contribution >= 4 is 0 Å². The Labute approximate surface area is 82.9 Å². The Kier molecular flexibility index (Phi) is 2.90. The summed E-state index contributed by atoms with van der Waals surface area (Å²) < 4.78 is 25.3. The minimum atomic E-state index is -2.55. The summed E-state index contributed by atoms with van der Waals surface area (Å²) in [5.74, 6) is 0. The molecule has 1 rings (SSSR count). The van der Waals surface area contributed by atoms with E-state index in [2.05, 4.69) is 0 Å². The highest BCUT2D eigenvalue weighted by atomic mass is 19.3. The van der Waals surface area contributed by atoms with Crippen LogP contribution in [0, 0.1) is 13.8 Å². The van der Waals surface area contributed by atoms with Crippen LogP contribution in [0.4, 0.5) is 8.78 Å². The first-order valence-electron chi connectivity index (χ1n) is 4.50. The largest absolute Gasteiger partial charge is 0.317 e. The van der Waals surface area contributed by atoms with Gasteiger partial charge in [0.1, 0.15) is 0 Å². The molecule has 0 aromatic heterocycles. The van der Waals surface area contributed by atoms with Crippen molar-refractivity contribution in [3.63, 3.8) is 0 Å². The lowest BCUT2D eigenvalue weighted by atomic mass is 9.89. The molecule has 1 aromatic rings. The summed E-state index contributed by atoms with van der Waals surface area (Å²) in [7, 11) is 0. The van der Waals surface area contributed by atoms with Crippen molar-refractivity contribution < 1.29 is 8.78 Å². The third kappa shape index (κ3) is 1.93. The van der Waals surface area contributed by atoms with Gasteiger partial charge in [0.25, 0.3) is 6.43 Å². The Morgan fingerprint density at radius 2 is 1.86 bits per heavy atom. The second-order valence-electron chi connectivity index (χ2n) is 3.90.